The zero-order valence-electron chi connectivity index (χ0n) is 9.72. The van der Waals surface area contributed by atoms with Crippen LogP contribution in [0.4, 0.5) is 5.69 Å². The molecule has 0 bridgehead atoms. The summed E-state index contributed by atoms with van der Waals surface area (Å²) in [6.45, 7) is 2.13. The normalized spacial score (nSPS) is 17.9. The predicted octanol–water partition coefficient (Wildman–Crippen LogP) is 3.14. The van der Waals surface area contributed by atoms with Crippen molar-refractivity contribution < 1.29 is 0 Å². The Bertz CT molecular complexity index is 348. The van der Waals surface area contributed by atoms with Crippen LogP contribution in [-0.2, 0) is 0 Å². The van der Waals surface area contributed by atoms with Crippen molar-refractivity contribution >= 4 is 17.3 Å². The average molecular weight is 239 g/mol. The molecule has 0 spiro atoms. The molecule has 88 valence electrons. The minimum atomic E-state index is 0.455. The SMILES string of the molecule is CNCC1(CNc2cccc(Cl)c2)CCC1. The summed E-state index contributed by atoms with van der Waals surface area (Å²) in [5.41, 5.74) is 1.58. The molecule has 0 amide bonds. The van der Waals surface area contributed by atoms with Crippen LogP contribution in [0.15, 0.2) is 24.3 Å². The van der Waals surface area contributed by atoms with Gasteiger partial charge in [-0.2, -0.15) is 0 Å². The van der Waals surface area contributed by atoms with E-state index in [-0.39, 0.29) is 0 Å². The van der Waals surface area contributed by atoms with Crippen molar-refractivity contribution in [3.8, 4) is 0 Å². The highest BCUT2D eigenvalue weighted by Crippen LogP contribution is 2.40. The molecule has 1 aliphatic carbocycles. The fraction of sp³-hybridized carbons (Fsp3) is 0.538. The Morgan fingerprint density at radius 2 is 2.12 bits per heavy atom. The van der Waals surface area contributed by atoms with E-state index in [4.69, 9.17) is 11.6 Å². The summed E-state index contributed by atoms with van der Waals surface area (Å²) >= 11 is 5.95. The second-order valence-electron chi connectivity index (χ2n) is 4.75. The van der Waals surface area contributed by atoms with E-state index >= 15 is 0 Å². The Hall–Kier alpha value is -0.730. The summed E-state index contributed by atoms with van der Waals surface area (Å²) in [4.78, 5) is 0. The summed E-state index contributed by atoms with van der Waals surface area (Å²) in [6.07, 6.45) is 4.00. The van der Waals surface area contributed by atoms with E-state index in [2.05, 4.69) is 16.7 Å². The lowest BCUT2D eigenvalue weighted by atomic mass is 9.68. The topological polar surface area (TPSA) is 24.1 Å². The zero-order valence-corrected chi connectivity index (χ0v) is 10.5. The Balaban J connectivity index is 1.91. The third-order valence-electron chi connectivity index (χ3n) is 3.46. The Kier molecular flexibility index (Phi) is 3.72. The summed E-state index contributed by atoms with van der Waals surface area (Å²) in [6, 6.07) is 7.93. The monoisotopic (exact) mass is 238 g/mol. The van der Waals surface area contributed by atoms with E-state index in [1.54, 1.807) is 0 Å². The molecule has 1 aliphatic rings. The van der Waals surface area contributed by atoms with E-state index in [9.17, 15) is 0 Å². The maximum absolute atomic E-state index is 5.95. The first-order chi connectivity index (χ1) is 7.74. The fourth-order valence-electron chi connectivity index (χ4n) is 2.36. The van der Waals surface area contributed by atoms with Gasteiger partial charge in [-0.05, 0) is 38.1 Å². The lowest BCUT2D eigenvalue weighted by Crippen LogP contribution is -2.44. The highest BCUT2D eigenvalue weighted by molar-refractivity contribution is 6.30. The van der Waals surface area contributed by atoms with Gasteiger partial charge in [0.15, 0.2) is 0 Å². The van der Waals surface area contributed by atoms with Crippen LogP contribution in [0, 0.1) is 5.41 Å². The molecule has 0 saturated heterocycles. The zero-order chi connectivity index (χ0) is 11.4. The first kappa shape index (κ1) is 11.7. The third-order valence-corrected chi connectivity index (χ3v) is 3.69. The molecule has 1 aromatic carbocycles. The number of halogens is 1. The number of nitrogens with one attached hydrogen (secondary N) is 2. The molecule has 0 unspecified atom stereocenters. The van der Waals surface area contributed by atoms with Gasteiger partial charge in [-0.3, -0.25) is 0 Å². The molecule has 2 nitrogen and oxygen atoms in total. The van der Waals surface area contributed by atoms with Crippen molar-refractivity contribution in [2.75, 3.05) is 25.5 Å². The van der Waals surface area contributed by atoms with Gasteiger partial charge in [-0.1, -0.05) is 24.1 Å². The number of benzene rings is 1. The molecule has 0 heterocycles. The first-order valence-corrected chi connectivity index (χ1v) is 6.26. The van der Waals surface area contributed by atoms with Gasteiger partial charge in [0.2, 0.25) is 0 Å². The second-order valence-corrected chi connectivity index (χ2v) is 5.18. The smallest absolute Gasteiger partial charge is 0.0426 e. The molecule has 2 N–H and O–H groups in total. The quantitative estimate of drug-likeness (QED) is 0.824. The minimum Gasteiger partial charge on any atom is -0.384 e. The molecule has 16 heavy (non-hydrogen) atoms. The van der Waals surface area contributed by atoms with Gasteiger partial charge in [-0.15, -0.1) is 0 Å². The van der Waals surface area contributed by atoms with Crippen molar-refractivity contribution in [2.45, 2.75) is 19.3 Å². The van der Waals surface area contributed by atoms with Gasteiger partial charge in [-0.25, -0.2) is 0 Å². The summed E-state index contributed by atoms with van der Waals surface area (Å²) in [7, 11) is 2.03. The Labute approximate surface area is 102 Å². The molecular weight excluding hydrogens is 220 g/mol. The Morgan fingerprint density at radius 1 is 1.31 bits per heavy atom. The first-order valence-electron chi connectivity index (χ1n) is 5.88. The summed E-state index contributed by atoms with van der Waals surface area (Å²) < 4.78 is 0. The van der Waals surface area contributed by atoms with Gasteiger partial charge in [0, 0.05) is 29.2 Å². The maximum Gasteiger partial charge on any atom is 0.0426 e. The van der Waals surface area contributed by atoms with Crippen molar-refractivity contribution in [2.24, 2.45) is 5.41 Å². The number of hydrogen-bond donors (Lipinski definition) is 2. The molecular formula is C13H19ClN2. The average Bonchev–Trinajstić information content (AvgIpc) is 2.22. The largest absolute Gasteiger partial charge is 0.384 e. The molecule has 1 saturated carbocycles. The van der Waals surface area contributed by atoms with Crippen molar-refractivity contribution in [3.63, 3.8) is 0 Å². The standard InChI is InChI=1S/C13H19ClN2/c1-15-9-13(6-3-7-13)10-16-12-5-2-4-11(14)8-12/h2,4-5,8,15-16H,3,6-7,9-10H2,1H3. The third kappa shape index (κ3) is 2.69. The lowest BCUT2D eigenvalue weighted by molar-refractivity contribution is 0.151. The summed E-state index contributed by atoms with van der Waals surface area (Å²) in [5, 5.41) is 7.57. The highest BCUT2D eigenvalue weighted by atomic mass is 35.5. The molecule has 0 aromatic heterocycles. The molecule has 2 rings (SSSR count). The van der Waals surface area contributed by atoms with Gasteiger partial charge < -0.3 is 10.6 Å². The maximum atomic E-state index is 5.95. The second kappa shape index (κ2) is 5.07. The Morgan fingerprint density at radius 3 is 2.69 bits per heavy atom. The van der Waals surface area contributed by atoms with Gasteiger partial charge in [0.1, 0.15) is 0 Å². The van der Waals surface area contributed by atoms with E-state index in [1.807, 2.05) is 25.2 Å². The highest BCUT2D eigenvalue weighted by Gasteiger charge is 2.35. The van der Waals surface area contributed by atoms with E-state index < -0.39 is 0 Å². The van der Waals surface area contributed by atoms with Crippen LogP contribution in [0.2, 0.25) is 5.02 Å². The molecule has 0 radical (unpaired) electrons. The van der Waals surface area contributed by atoms with Crippen LogP contribution in [0.3, 0.4) is 0 Å². The lowest BCUT2D eigenvalue weighted by Gasteiger charge is -2.42. The van der Waals surface area contributed by atoms with Crippen LogP contribution in [0.1, 0.15) is 19.3 Å². The molecule has 3 heteroatoms. The van der Waals surface area contributed by atoms with Crippen LogP contribution < -0.4 is 10.6 Å². The van der Waals surface area contributed by atoms with Gasteiger partial charge in [0.05, 0.1) is 0 Å². The number of anilines is 1. The van der Waals surface area contributed by atoms with Crippen LogP contribution in [0.25, 0.3) is 0 Å². The van der Waals surface area contributed by atoms with Crippen LogP contribution in [0.5, 0.6) is 0 Å². The summed E-state index contributed by atoms with van der Waals surface area (Å²) in [5.74, 6) is 0. The van der Waals surface area contributed by atoms with E-state index in [1.165, 1.54) is 19.3 Å². The van der Waals surface area contributed by atoms with Crippen molar-refractivity contribution in [1.82, 2.24) is 5.32 Å². The van der Waals surface area contributed by atoms with Crippen LogP contribution >= 0.6 is 11.6 Å². The minimum absolute atomic E-state index is 0.455. The predicted molar refractivity (Wildman–Crippen MR) is 70.2 cm³/mol. The van der Waals surface area contributed by atoms with Crippen LogP contribution in [-0.4, -0.2) is 20.1 Å². The molecule has 0 atom stereocenters. The van der Waals surface area contributed by atoms with Crippen molar-refractivity contribution in [1.29, 1.82) is 0 Å². The van der Waals surface area contributed by atoms with E-state index in [0.717, 1.165) is 23.8 Å². The molecule has 1 aromatic rings. The van der Waals surface area contributed by atoms with E-state index in [0.29, 0.717) is 5.41 Å². The van der Waals surface area contributed by atoms with Gasteiger partial charge >= 0.3 is 0 Å². The fourth-order valence-corrected chi connectivity index (χ4v) is 2.55. The number of rotatable bonds is 5. The van der Waals surface area contributed by atoms with Gasteiger partial charge in [0.25, 0.3) is 0 Å². The molecule has 1 fully saturated rings. The molecule has 0 aliphatic heterocycles. The number of hydrogen-bond acceptors (Lipinski definition) is 2. The van der Waals surface area contributed by atoms with Crippen molar-refractivity contribution in [3.05, 3.63) is 29.3 Å².